The van der Waals surface area contributed by atoms with Crippen LogP contribution in [0.15, 0.2) is 24.3 Å². The molecule has 4 rings (SSSR count). The number of aryl methyl sites for hydroxylation is 2. The van der Waals surface area contributed by atoms with Crippen molar-refractivity contribution in [2.75, 3.05) is 5.32 Å². The van der Waals surface area contributed by atoms with E-state index in [-0.39, 0.29) is 6.03 Å². The van der Waals surface area contributed by atoms with E-state index in [1.807, 2.05) is 24.3 Å². The minimum atomic E-state index is -0.224. The summed E-state index contributed by atoms with van der Waals surface area (Å²) in [4.78, 5) is 22.5. The number of aromatic nitrogens is 2. The molecule has 0 fully saturated rings. The van der Waals surface area contributed by atoms with E-state index in [9.17, 15) is 4.79 Å². The van der Waals surface area contributed by atoms with Crippen molar-refractivity contribution >= 4 is 44.1 Å². The molecule has 7 heteroatoms. The van der Waals surface area contributed by atoms with Gasteiger partial charge in [-0.05, 0) is 37.8 Å². The predicted molar refractivity (Wildman–Crippen MR) is 98.9 cm³/mol. The van der Waals surface area contributed by atoms with Crippen LogP contribution in [0.1, 0.15) is 34.8 Å². The summed E-state index contributed by atoms with van der Waals surface area (Å²) in [5.41, 5.74) is 2.14. The number of rotatable bonds is 3. The van der Waals surface area contributed by atoms with E-state index in [0.717, 1.165) is 28.1 Å². The Balaban J connectivity index is 1.36. The normalized spacial score (nSPS) is 14.2. The Bertz CT molecular complexity index is 814. The summed E-state index contributed by atoms with van der Waals surface area (Å²) in [6.45, 7) is 0.427. The van der Waals surface area contributed by atoms with Gasteiger partial charge < -0.3 is 5.32 Å². The molecule has 24 heavy (non-hydrogen) atoms. The molecule has 2 aromatic heterocycles. The Kier molecular flexibility index (Phi) is 4.44. The van der Waals surface area contributed by atoms with Gasteiger partial charge in [-0.1, -0.05) is 18.6 Å². The second-order valence-corrected chi connectivity index (χ2v) is 8.03. The monoisotopic (exact) mass is 358 g/mol. The number of hydrogen-bond acceptors (Lipinski definition) is 5. The fourth-order valence-corrected chi connectivity index (χ4v) is 4.83. The van der Waals surface area contributed by atoms with Crippen LogP contribution in [0, 0.1) is 0 Å². The molecule has 3 aromatic rings. The molecule has 1 aliphatic rings. The number of amides is 2. The zero-order valence-corrected chi connectivity index (χ0v) is 14.8. The highest BCUT2D eigenvalue weighted by molar-refractivity contribution is 7.18. The van der Waals surface area contributed by atoms with Gasteiger partial charge in [0.15, 0.2) is 5.13 Å². The lowest BCUT2D eigenvalue weighted by Crippen LogP contribution is -2.28. The van der Waals surface area contributed by atoms with Crippen molar-refractivity contribution in [3.63, 3.8) is 0 Å². The van der Waals surface area contributed by atoms with Gasteiger partial charge in [-0.25, -0.2) is 14.8 Å². The van der Waals surface area contributed by atoms with Crippen LogP contribution in [0.5, 0.6) is 0 Å². The van der Waals surface area contributed by atoms with E-state index in [1.54, 1.807) is 22.7 Å². The van der Waals surface area contributed by atoms with Gasteiger partial charge in [-0.15, -0.1) is 22.7 Å². The first-order chi connectivity index (χ1) is 11.8. The number of carbonyl (C=O) groups is 1. The van der Waals surface area contributed by atoms with Crippen LogP contribution in [0.3, 0.4) is 0 Å². The van der Waals surface area contributed by atoms with Crippen LogP contribution in [-0.2, 0) is 19.4 Å². The average molecular weight is 358 g/mol. The molecule has 0 saturated carbocycles. The highest BCUT2D eigenvalue weighted by atomic mass is 32.1. The molecule has 0 unspecified atom stereocenters. The Morgan fingerprint density at radius 1 is 1.08 bits per heavy atom. The smallest absolute Gasteiger partial charge is 0.321 e. The average Bonchev–Trinajstić information content (AvgIpc) is 3.10. The summed E-state index contributed by atoms with van der Waals surface area (Å²) < 4.78 is 1.14. The van der Waals surface area contributed by atoms with Gasteiger partial charge in [-0.2, -0.15) is 0 Å². The van der Waals surface area contributed by atoms with E-state index >= 15 is 0 Å². The summed E-state index contributed by atoms with van der Waals surface area (Å²) in [6.07, 6.45) is 5.80. The van der Waals surface area contributed by atoms with Gasteiger partial charge in [0.05, 0.1) is 22.5 Å². The molecule has 124 valence electrons. The summed E-state index contributed by atoms with van der Waals surface area (Å²) >= 11 is 3.21. The topological polar surface area (TPSA) is 66.9 Å². The van der Waals surface area contributed by atoms with E-state index in [2.05, 4.69) is 20.6 Å². The molecule has 0 saturated heterocycles. The Morgan fingerprint density at radius 3 is 2.88 bits per heavy atom. The molecule has 0 bridgehead atoms. The predicted octanol–water partition coefficient (Wildman–Crippen LogP) is 4.34. The quantitative estimate of drug-likeness (QED) is 0.684. The largest absolute Gasteiger partial charge is 0.331 e. The van der Waals surface area contributed by atoms with Crippen molar-refractivity contribution in [2.45, 2.75) is 38.6 Å². The van der Waals surface area contributed by atoms with Gasteiger partial charge in [0, 0.05) is 4.88 Å². The van der Waals surface area contributed by atoms with E-state index in [4.69, 9.17) is 0 Å². The molecule has 0 aliphatic heterocycles. The number of carbonyl (C=O) groups excluding carboxylic acids is 1. The number of para-hydroxylation sites is 1. The number of nitrogens with one attached hydrogen (secondary N) is 2. The number of benzene rings is 1. The van der Waals surface area contributed by atoms with Crippen LogP contribution in [0.25, 0.3) is 10.2 Å². The minimum Gasteiger partial charge on any atom is -0.331 e. The first kappa shape index (κ1) is 15.5. The highest BCUT2D eigenvalue weighted by Crippen LogP contribution is 2.28. The third-order valence-corrected chi connectivity index (χ3v) is 6.16. The van der Waals surface area contributed by atoms with Crippen LogP contribution >= 0.6 is 22.7 Å². The molecule has 5 nitrogen and oxygen atoms in total. The lowest BCUT2D eigenvalue weighted by Gasteiger charge is -2.03. The summed E-state index contributed by atoms with van der Waals surface area (Å²) in [6, 6.07) is 7.77. The molecule has 1 aromatic carbocycles. The lowest BCUT2D eigenvalue weighted by molar-refractivity contribution is 0.251. The summed E-state index contributed by atoms with van der Waals surface area (Å²) in [5, 5.41) is 7.33. The molecular weight excluding hydrogens is 340 g/mol. The van der Waals surface area contributed by atoms with Crippen molar-refractivity contribution in [3.8, 4) is 0 Å². The zero-order valence-electron chi connectivity index (χ0n) is 13.2. The molecule has 0 radical (unpaired) electrons. The fourth-order valence-electron chi connectivity index (χ4n) is 2.87. The van der Waals surface area contributed by atoms with Crippen molar-refractivity contribution in [2.24, 2.45) is 0 Å². The van der Waals surface area contributed by atoms with Crippen molar-refractivity contribution < 1.29 is 4.79 Å². The molecular formula is C17H18N4OS2. The first-order valence-electron chi connectivity index (χ1n) is 8.16. The third-order valence-electron chi connectivity index (χ3n) is 4.05. The van der Waals surface area contributed by atoms with Crippen LogP contribution in [-0.4, -0.2) is 16.0 Å². The Hall–Kier alpha value is -1.99. The van der Waals surface area contributed by atoms with Crippen molar-refractivity contribution in [1.29, 1.82) is 0 Å². The number of anilines is 1. The highest BCUT2D eigenvalue weighted by Gasteiger charge is 2.15. The fraction of sp³-hybridized carbons (Fsp3) is 0.353. The van der Waals surface area contributed by atoms with Gasteiger partial charge in [0.1, 0.15) is 5.01 Å². The van der Waals surface area contributed by atoms with E-state index < -0.39 is 0 Å². The van der Waals surface area contributed by atoms with Crippen LogP contribution in [0.2, 0.25) is 0 Å². The lowest BCUT2D eigenvalue weighted by atomic mass is 10.2. The Morgan fingerprint density at radius 2 is 1.96 bits per heavy atom. The minimum absolute atomic E-state index is 0.224. The van der Waals surface area contributed by atoms with E-state index in [1.165, 1.54) is 29.8 Å². The summed E-state index contributed by atoms with van der Waals surface area (Å²) in [5.74, 6) is 0. The number of nitrogens with zero attached hydrogens (tertiary/aromatic N) is 2. The number of thiazole rings is 2. The molecule has 2 N–H and O–H groups in total. The zero-order chi connectivity index (χ0) is 16.4. The number of fused-ring (bicyclic) bond motifs is 2. The second kappa shape index (κ2) is 6.86. The van der Waals surface area contributed by atoms with Gasteiger partial charge >= 0.3 is 6.03 Å². The van der Waals surface area contributed by atoms with Gasteiger partial charge in [0.2, 0.25) is 0 Å². The standard InChI is InChI=1S/C17H18N4OS2/c22-16(18-10-15-19-11-7-4-5-9-13(11)23-15)21-17-20-12-6-2-1-3-8-14(12)24-17/h4-5,7,9H,1-3,6,8,10H2,(H2,18,20,21,22). The first-order valence-corrected chi connectivity index (χ1v) is 9.79. The summed E-state index contributed by atoms with van der Waals surface area (Å²) in [7, 11) is 0. The molecule has 0 spiro atoms. The SMILES string of the molecule is O=C(NCc1nc2ccccc2s1)Nc1nc2c(s1)CCCCC2. The molecule has 0 atom stereocenters. The third kappa shape index (κ3) is 3.42. The van der Waals surface area contributed by atoms with Gasteiger partial charge in [-0.3, -0.25) is 5.32 Å². The van der Waals surface area contributed by atoms with Crippen molar-refractivity contribution in [1.82, 2.24) is 15.3 Å². The second-order valence-electron chi connectivity index (χ2n) is 5.83. The molecule has 2 amide bonds. The van der Waals surface area contributed by atoms with Crippen molar-refractivity contribution in [3.05, 3.63) is 39.8 Å². The maximum atomic E-state index is 12.1. The molecule has 2 heterocycles. The number of hydrogen-bond donors (Lipinski definition) is 2. The maximum absolute atomic E-state index is 12.1. The van der Waals surface area contributed by atoms with Crippen LogP contribution < -0.4 is 10.6 Å². The van der Waals surface area contributed by atoms with Crippen LogP contribution in [0.4, 0.5) is 9.93 Å². The molecule has 1 aliphatic carbocycles. The number of urea groups is 1. The van der Waals surface area contributed by atoms with Gasteiger partial charge in [0.25, 0.3) is 0 Å². The maximum Gasteiger partial charge on any atom is 0.321 e. The van der Waals surface area contributed by atoms with E-state index in [0.29, 0.717) is 11.7 Å². The Labute approximate surface area is 148 Å².